The van der Waals surface area contributed by atoms with Gasteiger partial charge < -0.3 is 4.90 Å². The van der Waals surface area contributed by atoms with E-state index in [1.807, 2.05) is 36.2 Å². The molecule has 2 aromatic rings. The molecule has 24 heavy (non-hydrogen) atoms. The molecule has 0 spiro atoms. The predicted octanol–water partition coefficient (Wildman–Crippen LogP) is 6.45. The minimum atomic E-state index is 0.269. The zero-order valence-electron chi connectivity index (χ0n) is 13.6. The number of thioether (sulfide) groups is 1. The molecule has 0 fully saturated rings. The van der Waals surface area contributed by atoms with Crippen molar-refractivity contribution in [2.45, 2.75) is 36.3 Å². The zero-order chi connectivity index (χ0) is 16.8. The summed E-state index contributed by atoms with van der Waals surface area (Å²) in [6, 6.07) is 8.02. The fraction of sp³-hybridized carbons (Fsp3) is 0.316. The van der Waals surface area contributed by atoms with Crippen molar-refractivity contribution < 1.29 is 0 Å². The summed E-state index contributed by atoms with van der Waals surface area (Å²) in [6.45, 7) is 5.48. The van der Waals surface area contributed by atoms with Crippen LogP contribution in [0.1, 0.15) is 42.7 Å². The molecule has 124 valence electrons. The van der Waals surface area contributed by atoms with Crippen molar-refractivity contribution in [2.75, 3.05) is 11.4 Å². The van der Waals surface area contributed by atoms with Crippen LogP contribution in [0.15, 0.2) is 47.1 Å². The molecule has 0 saturated carbocycles. The Morgan fingerprint density at radius 2 is 2.04 bits per heavy atom. The SMILES string of the molecule is CC(C)c1nccc2c1C(Sc1ccc(Cl)c(Cl)c1)C1=CCCN12. The van der Waals surface area contributed by atoms with Crippen molar-refractivity contribution >= 4 is 40.7 Å². The van der Waals surface area contributed by atoms with Crippen LogP contribution in [-0.4, -0.2) is 11.5 Å². The summed E-state index contributed by atoms with van der Waals surface area (Å²) >= 11 is 14.1. The van der Waals surface area contributed by atoms with E-state index in [1.165, 1.54) is 22.6 Å². The molecular weight excluding hydrogens is 359 g/mol. The van der Waals surface area contributed by atoms with Gasteiger partial charge in [-0.25, -0.2) is 0 Å². The largest absolute Gasteiger partial charge is 0.343 e. The maximum atomic E-state index is 6.21. The van der Waals surface area contributed by atoms with Crippen LogP contribution in [0.3, 0.4) is 0 Å². The van der Waals surface area contributed by atoms with E-state index < -0.39 is 0 Å². The molecular formula is C19H18Cl2N2S. The van der Waals surface area contributed by atoms with Crippen molar-refractivity contribution in [1.29, 1.82) is 0 Å². The van der Waals surface area contributed by atoms with Gasteiger partial charge in [-0.15, -0.1) is 11.8 Å². The van der Waals surface area contributed by atoms with E-state index in [0.717, 1.165) is 17.9 Å². The lowest BCUT2D eigenvalue weighted by Crippen LogP contribution is -2.14. The number of pyridine rings is 1. The summed E-state index contributed by atoms with van der Waals surface area (Å²) in [5.41, 5.74) is 5.25. The van der Waals surface area contributed by atoms with Crippen LogP contribution in [0.5, 0.6) is 0 Å². The van der Waals surface area contributed by atoms with Gasteiger partial charge in [-0.05, 0) is 36.6 Å². The van der Waals surface area contributed by atoms with Crippen LogP contribution in [0.4, 0.5) is 5.69 Å². The molecule has 3 heterocycles. The van der Waals surface area contributed by atoms with Crippen LogP contribution in [0.25, 0.3) is 0 Å². The molecule has 0 aliphatic carbocycles. The molecule has 2 aliphatic heterocycles. The van der Waals surface area contributed by atoms with Gasteiger partial charge in [0.15, 0.2) is 0 Å². The molecule has 1 aromatic heterocycles. The first-order valence-corrected chi connectivity index (χ1v) is 9.78. The molecule has 1 atom stereocenters. The third-order valence-corrected chi connectivity index (χ3v) is 6.51. The van der Waals surface area contributed by atoms with Gasteiger partial charge in [-0.3, -0.25) is 4.98 Å². The first kappa shape index (κ1) is 16.3. The average molecular weight is 377 g/mol. The van der Waals surface area contributed by atoms with Gasteiger partial charge in [0, 0.05) is 40.3 Å². The number of hydrogen-bond acceptors (Lipinski definition) is 3. The lowest BCUT2D eigenvalue weighted by molar-refractivity contribution is 0.807. The molecule has 0 bridgehead atoms. The maximum absolute atomic E-state index is 6.21. The average Bonchev–Trinajstić information content (AvgIpc) is 3.13. The number of rotatable bonds is 3. The number of fused-ring (bicyclic) bond motifs is 3. The quantitative estimate of drug-likeness (QED) is 0.611. The second kappa shape index (κ2) is 6.29. The summed E-state index contributed by atoms with van der Waals surface area (Å²) in [5, 5.41) is 1.47. The van der Waals surface area contributed by atoms with Gasteiger partial charge in [0.2, 0.25) is 0 Å². The van der Waals surface area contributed by atoms with Gasteiger partial charge in [-0.1, -0.05) is 43.1 Å². The molecule has 5 heteroatoms. The van der Waals surface area contributed by atoms with Crippen LogP contribution in [-0.2, 0) is 0 Å². The molecule has 0 saturated heterocycles. The van der Waals surface area contributed by atoms with Gasteiger partial charge in [0.05, 0.1) is 15.3 Å². The van der Waals surface area contributed by atoms with Crippen LogP contribution < -0.4 is 4.90 Å². The Morgan fingerprint density at radius 3 is 2.79 bits per heavy atom. The summed E-state index contributed by atoms with van der Waals surface area (Å²) in [7, 11) is 0. The number of benzene rings is 1. The molecule has 0 N–H and O–H groups in total. The summed E-state index contributed by atoms with van der Waals surface area (Å²) in [5.74, 6) is 0.400. The Kier molecular flexibility index (Phi) is 4.27. The highest BCUT2D eigenvalue weighted by Crippen LogP contribution is 2.55. The third-order valence-electron chi connectivity index (χ3n) is 4.53. The molecule has 1 unspecified atom stereocenters. The molecule has 0 radical (unpaired) electrons. The standard InChI is InChI=1S/C19H18Cl2N2S/c1-11(2)18-17-15(7-8-22-18)23-9-3-4-16(23)19(17)24-12-5-6-13(20)14(21)10-12/h4-8,10-11,19H,3,9H2,1-2H3. The Labute approximate surface area is 156 Å². The first-order valence-electron chi connectivity index (χ1n) is 8.14. The van der Waals surface area contributed by atoms with Gasteiger partial charge >= 0.3 is 0 Å². The number of hydrogen-bond donors (Lipinski definition) is 0. The second-order valence-corrected chi connectivity index (χ2v) is 8.42. The number of anilines is 1. The first-order chi connectivity index (χ1) is 11.6. The Morgan fingerprint density at radius 1 is 1.21 bits per heavy atom. The molecule has 1 aromatic carbocycles. The van der Waals surface area contributed by atoms with E-state index in [2.05, 4.69) is 35.9 Å². The maximum Gasteiger partial charge on any atom is 0.0781 e. The second-order valence-electron chi connectivity index (χ2n) is 6.43. The summed E-state index contributed by atoms with van der Waals surface area (Å²) < 4.78 is 0. The highest BCUT2D eigenvalue weighted by molar-refractivity contribution is 7.99. The number of aromatic nitrogens is 1. The van der Waals surface area contributed by atoms with E-state index in [9.17, 15) is 0 Å². The molecule has 2 nitrogen and oxygen atoms in total. The predicted molar refractivity (Wildman–Crippen MR) is 103 cm³/mol. The van der Waals surface area contributed by atoms with Gasteiger partial charge in [0.25, 0.3) is 0 Å². The zero-order valence-corrected chi connectivity index (χ0v) is 15.9. The molecule has 2 aliphatic rings. The van der Waals surface area contributed by atoms with Crippen LogP contribution in [0.2, 0.25) is 10.0 Å². The van der Waals surface area contributed by atoms with Crippen molar-refractivity contribution in [3.05, 3.63) is 63.5 Å². The lowest BCUT2D eigenvalue weighted by Gasteiger charge is -2.17. The highest BCUT2D eigenvalue weighted by atomic mass is 35.5. The van der Waals surface area contributed by atoms with Crippen molar-refractivity contribution in [3.63, 3.8) is 0 Å². The van der Waals surface area contributed by atoms with Crippen molar-refractivity contribution in [1.82, 2.24) is 4.98 Å². The Bertz CT molecular complexity index is 832. The summed E-state index contributed by atoms with van der Waals surface area (Å²) in [6.07, 6.45) is 5.40. The molecule has 0 amide bonds. The van der Waals surface area contributed by atoms with E-state index in [-0.39, 0.29) is 5.25 Å². The third kappa shape index (κ3) is 2.63. The van der Waals surface area contributed by atoms with E-state index in [4.69, 9.17) is 23.2 Å². The normalized spacial score (nSPS) is 18.8. The Hall–Kier alpha value is -1.16. The van der Waals surface area contributed by atoms with E-state index >= 15 is 0 Å². The molecule has 4 rings (SSSR count). The number of halogens is 2. The van der Waals surface area contributed by atoms with E-state index in [1.54, 1.807) is 0 Å². The fourth-order valence-corrected chi connectivity index (χ4v) is 5.16. The van der Waals surface area contributed by atoms with Crippen LogP contribution >= 0.6 is 35.0 Å². The lowest BCUT2D eigenvalue weighted by atomic mass is 10.0. The van der Waals surface area contributed by atoms with Crippen molar-refractivity contribution in [3.8, 4) is 0 Å². The van der Waals surface area contributed by atoms with Crippen LogP contribution in [0, 0.1) is 0 Å². The summed E-state index contributed by atoms with van der Waals surface area (Å²) in [4.78, 5) is 8.26. The number of nitrogens with zero attached hydrogens (tertiary/aromatic N) is 2. The highest BCUT2D eigenvalue weighted by Gasteiger charge is 2.38. The smallest absolute Gasteiger partial charge is 0.0781 e. The Balaban J connectivity index is 1.79. The monoisotopic (exact) mass is 376 g/mol. The van der Waals surface area contributed by atoms with Crippen molar-refractivity contribution in [2.24, 2.45) is 0 Å². The minimum Gasteiger partial charge on any atom is -0.343 e. The van der Waals surface area contributed by atoms with E-state index in [0.29, 0.717) is 16.0 Å². The fourth-order valence-electron chi connectivity index (χ4n) is 3.49. The van der Waals surface area contributed by atoms with Gasteiger partial charge in [0.1, 0.15) is 0 Å². The topological polar surface area (TPSA) is 16.1 Å². The minimum absolute atomic E-state index is 0.269. The van der Waals surface area contributed by atoms with Gasteiger partial charge in [-0.2, -0.15) is 0 Å².